The Morgan fingerprint density at radius 2 is 1.84 bits per heavy atom. The molecule has 170 valence electrons. The maximum absolute atomic E-state index is 12.8. The van der Waals surface area contributed by atoms with Crippen LogP contribution in [0.5, 0.6) is 0 Å². The first-order valence-electron chi connectivity index (χ1n) is 10.4. The molecule has 0 aliphatic carbocycles. The van der Waals surface area contributed by atoms with E-state index in [9.17, 15) is 14.9 Å². The molecule has 1 fully saturated rings. The summed E-state index contributed by atoms with van der Waals surface area (Å²) in [7, 11) is 0. The van der Waals surface area contributed by atoms with Crippen LogP contribution < -0.4 is 10.6 Å². The zero-order valence-electron chi connectivity index (χ0n) is 18.4. The molecular weight excluding hydrogens is 400 g/mol. The molecular formula is C22H32N4O5. The van der Waals surface area contributed by atoms with Crippen molar-refractivity contribution in [3.8, 4) is 6.07 Å². The van der Waals surface area contributed by atoms with Gasteiger partial charge in [-0.2, -0.15) is 5.26 Å². The van der Waals surface area contributed by atoms with E-state index in [0.717, 1.165) is 5.56 Å². The molecule has 9 nitrogen and oxygen atoms in total. The Morgan fingerprint density at radius 1 is 1.16 bits per heavy atom. The number of hydrogen-bond acceptors (Lipinski definition) is 6. The first kappa shape index (κ1) is 24.6. The Hall–Kier alpha value is -2.67. The zero-order chi connectivity index (χ0) is 22.7. The number of ether oxygens (including phenoxy) is 3. The fourth-order valence-electron chi connectivity index (χ4n) is 2.78. The molecule has 0 aromatic heterocycles. The third-order valence-corrected chi connectivity index (χ3v) is 4.46. The van der Waals surface area contributed by atoms with Crippen molar-refractivity contribution < 1.29 is 23.8 Å². The molecule has 1 aliphatic heterocycles. The lowest BCUT2D eigenvalue weighted by Gasteiger charge is -2.30. The number of carbonyl (C=O) groups is 2. The fourth-order valence-corrected chi connectivity index (χ4v) is 2.78. The highest BCUT2D eigenvalue weighted by atomic mass is 16.5. The van der Waals surface area contributed by atoms with Gasteiger partial charge in [-0.1, -0.05) is 30.3 Å². The molecule has 1 saturated heterocycles. The fraction of sp³-hybridized carbons (Fsp3) is 0.591. The molecule has 0 bridgehead atoms. The molecule has 0 radical (unpaired) electrons. The monoisotopic (exact) mass is 432 g/mol. The summed E-state index contributed by atoms with van der Waals surface area (Å²) in [5.41, 5.74) is 0.482. The Kier molecular flexibility index (Phi) is 9.72. The molecule has 2 atom stereocenters. The van der Waals surface area contributed by atoms with Crippen LogP contribution in [0.4, 0.5) is 4.79 Å². The van der Waals surface area contributed by atoms with Gasteiger partial charge < -0.3 is 29.7 Å². The molecule has 1 aromatic rings. The number of amides is 3. The number of hydrogen-bond donors (Lipinski definition) is 2. The van der Waals surface area contributed by atoms with E-state index in [1.807, 2.05) is 57.2 Å². The third-order valence-electron chi connectivity index (χ3n) is 4.46. The number of carbonyl (C=O) groups excluding carboxylic acids is 2. The number of morpholine rings is 1. The van der Waals surface area contributed by atoms with Crippen LogP contribution in [0.3, 0.4) is 0 Å². The highest BCUT2D eigenvalue weighted by Crippen LogP contribution is 2.08. The lowest BCUT2D eigenvalue weighted by molar-refractivity contribution is -0.126. The molecule has 1 aliphatic rings. The summed E-state index contributed by atoms with van der Waals surface area (Å²) >= 11 is 0. The minimum Gasteiger partial charge on any atom is -0.378 e. The van der Waals surface area contributed by atoms with Gasteiger partial charge in [-0.25, -0.2) is 4.79 Å². The van der Waals surface area contributed by atoms with Crippen molar-refractivity contribution in [2.75, 3.05) is 39.5 Å². The Bertz CT molecular complexity index is 739. The van der Waals surface area contributed by atoms with Crippen LogP contribution in [0.2, 0.25) is 0 Å². The summed E-state index contributed by atoms with van der Waals surface area (Å²) in [6.07, 6.45) is 0. The van der Waals surface area contributed by atoms with Gasteiger partial charge in [0.25, 0.3) is 0 Å². The molecule has 1 heterocycles. The van der Waals surface area contributed by atoms with Gasteiger partial charge in [0.1, 0.15) is 12.1 Å². The molecule has 0 spiro atoms. The molecule has 2 N–H and O–H groups in total. The predicted octanol–water partition coefficient (Wildman–Crippen LogP) is 1.44. The molecule has 1 aromatic carbocycles. The Labute approximate surface area is 183 Å². The largest absolute Gasteiger partial charge is 0.378 e. The van der Waals surface area contributed by atoms with E-state index in [2.05, 4.69) is 10.6 Å². The quantitative estimate of drug-likeness (QED) is 0.611. The van der Waals surface area contributed by atoms with Crippen LogP contribution in [0.15, 0.2) is 30.3 Å². The summed E-state index contributed by atoms with van der Waals surface area (Å²) in [5.74, 6) is -0.499. The van der Waals surface area contributed by atoms with Crippen LogP contribution in [0.1, 0.15) is 26.3 Å². The number of urea groups is 1. The van der Waals surface area contributed by atoms with E-state index in [-0.39, 0.29) is 19.2 Å². The van der Waals surface area contributed by atoms with Gasteiger partial charge >= 0.3 is 6.03 Å². The van der Waals surface area contributed by atoms with Gasteiger partial charge in [-0.05, 0) is 26.3 Å². The maximum atomic E-state index is 12.8. The van der Waals surface area contributed by atoms with Crippen molar-refractivity contribution in [1.82, 2.24) is 15.5 Å². The lowest BCUT2D eigenvalue weighted by atomic mass is 10.2. The summed E-state index contributed by atoms with van der Waals surface area (Å²) in [4.78, 5) is 27.0. The highest BCUT2D eigenvalue weighted by molar-refractivity contribution is 5.87. The number of nitriles is 1. The van der Waals surface area contributed by atoms with Crippen molar-refractivity contribution in [1.29, 1.82) is 5.26 Å². The van der Waals surface area contributed by atoms with Gasteiger partial charge in [0.05, 0.1) is 44.7 Å². The number of rotatable bonds is 9. The van der Waals surface area contributed by atoms with E-state index in [1.165, 1.54) is 0 Å². The molecule has 3 amide bonds. The van der Waals surface area contributed by atoms with Crippen LogP contribution in [0, 0.1) is 11.3 Å². The second kappa shape index (κ2) is 12.2. The molecule has 0 saturated carbocycles. The van der Waals surface area contributed by atoms with E-state index in [4.69, 9.17) is 14.2 Å². The summed E-state index contributed by atoms with van der Waals surface area (Å²) < 4.78 is 16.5. The van der Waals surface area contributed by atoms with Crippen molar-refractivity contribution in [2.24, 2.45) is 0 Å². The van der Waals surface area contributed by atoms with Crippen molar-refractivity contribution in [3.05, 3.63) is 35.9 Å². The van der Waals surface area contributed by atoms with Gasteiger partial charge in [0, 0.05) is 13.1 Å². The Balaban J connectivity index is 1.92. The van der Waals surface area contributed by atoms with E-state index in [0.29, 0.717) is 32.9 Å². The number of nitrogens with one attached hydrogen (secondary N) is 2. The predicted molar refractivity (Wildman–Crippen MR) is 114 cm³/mol. The number of benzene rings is 1. The SMILES string of the molecule is CC(C)(C)OC[C@H](NC(=O)N1CCOCC1)C(=O)N[C@H](C#N)COCc1ccccc1. The minimum absolute atomic E-state index is 0.0194. The third kappa shape index (κ3) is 9.34. The average Bonchev–Trinajstić information content (AvgIpc) is 2.76. The summed E-state index contributed by atoms with van der Waals surface area (Å²) in [5, 5.41) is 14.8. The highest BCUT2D eigenvalue weighted by Gasteiger charge is 2.28. The first-order valence-corrected chi connectivity index (χ1v) is 10.4. The van der Waals surface area contributed by atoms with E-state index < -0.39 is 23.6 Å². The van der Waals surface area contributed by atoms with Crippen LogP contribution in [0.25, 0.3) is 0 Å². The lowest BCUT2D eigenvalue weighted by Crippen LogP contribution is -2.57. The number of nitrogens with zero attached hydrogens (tertiary/aromatic N) is 2. The van der Waals surface area contributed by atoms with Gasteiger partial charge in [-0.3, -0.25) is 4.79 Å². The van der Waals surface area contributed by atoms with E-state index in [1.54, 1.807) is 4.90 Å². The second-order valence-corrected chi connectivity index (χ2v) is 8.22. The topological polar surface area (TPSA) is 113 Å². The molecule has 9 heteroatoms. The molecule has 31 heavy (non-hydrogen) atoms. The molecule has 0 unspecified atom stereocenters. The Morgan fingerprint density at radius 3 is 2.45 bits per heavy atom. The van der Waals surface area contributed by atoms with Gasteiger partial charge in [0.15, 0.2) is 0 Å². The average molecular weight is 433 g/mol. The normalized spacial score (nSPS) is 16.1. The van der Waals surface area contributed by atoms with Crippen molar-refractivity contribution in [3.63, 3.8) is 0 Å². The van der Waals surface area contributed by atoms with Crippen LogP contribution >= 0.6 is 0 Å². The molecule has 2 rings (SSSR count). The van der Waals surface area contributed by atoms with E-state index >= 15 is 0 Å². The van der Waals surface area contributed by atoms with Crippen LogP contribution in [-0.4, -0.2) is 74.0 Å². The smallest absolute Gasteiger partial charge is 0.318 e. The second-order valence-electron chi connectivity index (χ2n) is 8.22. The van der Waals surface area contributed by atoms with Crippen molar-refractivity contribution in [2.45, 2.75) is 45.1 Å². The summed E-state index contributed by atoms with van der Waals surface area (Å²) in [6, 6.07) is 9.41. The van der Waals surface area contributed by atoms with Crippen LogP contribution in [-0.2, 0) is 25.6 Å². The zero-order valence-corrected chi connectivity index (χ0v) is 18.4. The minimum atomic E-state index is -0.945. The van der Waals surface area contributed by atoms with Gasteiger partial charge in [0.2, 0.25) is 5.91 Å². The maximum Gasteiger partial charge on any atom is 0.318 e. The van der Waals surface area contributed by atoms with Crippen molar-refractivity contribution >= 4 is 11.9 Å². The standard InChI is InChI=1S/C22H32N4O5/c1-22(2,3)31-16-19(25-21(28)26-9-11-29-12-10-26)20(27)24-18(13-23)15-30-14-17-7-5-4-6-8-17/h4-8,18-19H,9-12,14-16H2,1-3H3,(H,24,27)(H,25,28)/t18-,19+/m1/s1. The first-order chi connectivity index (χ1) is 14.8. The van der Waals surface area contributed by atoms with Gasteiger partial charge in [-0.15, -0.1) is 0 Å². The summed E-state index contributed by atoms with van der Waals surface area (Å²) in [6.45, 7) is 7.75.